The number of rotatable bonds is 5. The van der Waals surface area contributed by atoms with Crippen LogP contribution in [0.1, 0.15) is 54.2 Å². The van der Waals surface area contributed by atoms with E-state index in [1.807, 2.05) is 17.0 Å². The van der Waals surface area contributed by atoms with Crippen LogP contribution in [0, 0.1) is 5.92 Å². The highest BCUT2D eigenvalue weighted by Gasteiger charge is 2.37. The van der Waals surface area contributed by atoms with E-state index < -0.39 is 10.8 Å². The number of likely N-dealkylation sites (tertiary alicyclic amines) is 1. The van der Waals surface area contributed by atoms with E-state index in [9.17, 15) is 9.00 Å². The number of hydrogen-bond donors (Lipinski definition) is 0. The largest absolute Gasteiger partial charge is 0.381 e. The number of benzene rings is 1. The molecule has 1 amide bonds. The highest BCUT2D eigenvalue weighted by atomic mass is 35.5. The van der Waals surface area contributed by atoms with E-state index in [0.29, 0.717) is 41.9 Å². The van der Waals surface area contributed by atoms with Gasteiger partial charge < -0.3 is 19.3 Å². The van der Waals surface area contributed by atoms with E-state index in [-0.39, 0.29) is 17.7 Å². The SMILES string of the molecule is O=C(c1nn(C2CCCN(CCC3CCOCC3)C2)c2c1CS(=O)c1c(Cl)cccc1-2)N1CCOCC1. The molecule has 0 N–H and O–H groups in total. The van der Waals surface area contributed by atoms with Gasteiger partial charge in [-0.2, -0.15) is 5.10 Å². The fraction of sp³-hybridized carbons (Fsp3) is 0.630. The molecule has 0 aliphatic carbocycles. The summed E-state index contributed by atoms with van der Waals surface area (Å²) >= 11 is 6.54. The van der Waals surface area contributed by atoms with E-state index in [1.165, 1.54) is 6.42 Å². The first-order chi connectivity index (χ1) is 18.1. The van der Waals surface area contributed by atoms with Gasteiger partial charge in [-0.25, -0.2) is 0 Å². The average molecular weight is 547 g/mol. The quantitative estimate of drug-likeness (QED) is 0.568. The summed E-state index contributed by atoms with van der Waals surface area (Å²) < 4.78 is 26.4. The summed E-state index contributed by atoms with van der Waals surface area (Å²) in [6.45, 7) is 7.01. The minimum atomic E-state index is -1.33. The number of hydrogen-bond acceptors (Lipinski definition) is 6. The summed E-state index contributed by atoms with van der Waals surface area (Å²) in [6.07, 6.45) is 5.61. The van der Waals surface area contributed by atoms with Crippen molar-refractivity contribution in [2.24, 2.45) is 5.92 Å². The molecular weight excluding hydrogens is 512 g/mol. The van der Waals surface area contributed by atoms with Gasteiger partial charge in [0.1, 0.15) is 0 Å². The summed E-state index contributed by atoms with van der Waals surface area (Å²) in [5, 5.41) is 5.51. The van der Waals surface area contributed by atoms with Crippen LogP contribution in [0.15, 0.2) is 23.1 Å². The minimum absolute atomic E-state index is 0.0899. The first-order valence-corrected chi connectivity index (χ1v) is 15.3. The normalized spacial score (nSPS) is 25.1. The fourth-order valence-corrected chi connectivity index (χ4v) is 8.02. The van der Waals surface area contributed by atoms with Crippen molar-refractivity contribution < 1.29 is 18.5 Å². The molecule has 10 heteroatoms. The van der Waals surface area contributed by atoms with Crippen molar-refractivity contribution in [1.29, 1.82) is 0 Å². The van der Waals surface area contributed by atoms with Gasteiger partial charge in [0.15, 0.2) is 5.69 Å². The van der Waals surface area contributed by atoms with Gasteiger partial charge in [-0.3, -0.25) is 13.7 Å². The Morgan fingerprint density at radius 3 is 2.68 bits per heavy atom. The van der Waals surface area contributed by atoms with Crippen molar-refractivity contribution in [3.05, 3.63) is 34.5 Å². The van der Waals surface area contributed by atoms with Crippen LogP contribution in [0.2, 0.25) is 5.02 Å². The Morgan fingerprint density at radius 2 is 1.86 bits per heavy atom. The molecule has 8 nitrogen and oxygen atoms in total. The summed E-state index contributed by atoms with van der Waals surface area (Å²) in [4.78, 5) is 18.7. The molecule has 0 saturated carbocycles. The van der Waals surface area contributed by atoms with Crippen LogP contribution in [-0.2, 0) is 26.0 Å². The smallest absolute Gasteiger partial charge is 0.274 e. The number of piperidine rings is 1. The molecular formula is C27H35ClN4O4S. The fourth-order valence-electron chi connectivity index (χ4n) is 6.21. The zero-order chi connectivity index (χ0) is 25.4. The number of carbonyl (C=O) groups is 1. The van der Waals surface area contributed by atoms with E-state index >= 15 is 0 Å². The Hall–Kier alpha value is -1.78. The molecule has 200 valence electrons. The van der Waals surface area contributed by atoms with Crippen LogP contribution < -0.4 is 0 Å². The molecule has 37 heavy (non-hydrogen) atoms. The monoisotopic (exact) mass is 546 g/mol. The van der Waals surface area contributed by atoms with Gasteiger partial charge >= 0.3 is 0 Å². The maximum absolute atomic E-state index is 13.6. The molecule has 2 unspecified atom stereocenters. The van der Waals surface area contributed by atoms with Crippen LogP contribution in [0.25, 0.3) is 11.3 Å². The topological polar surface area (TPSA) is 76.9 Å². The number of amides is 1. The van der Waals surface area contributed by atoms with Crippen molar-refractivity contribution in [2.75, 3.05) is 59.2 Å². The van der Waals surface area contributed by atoms with E-state index in [0.717, 1.165) is 81.3 Å². The lowest BCUT2D eigenvalue weighted by Crippen LogP contribution is -2.41. The lowest BCUT2D eigenvalue weighted by atomic mass is 9.95. The number of ether oxygens (including phenoxy) is 2. The molecule has 0 radical (unpaired) electrons. The molecule has 1 aromatic carbocycles. The zero-order valence-corrected chi connectivity index (χ0v) is 22.8. The van der Waals surface area contributed by atoms with Gasteiger partial charge in [0.05, 0.1) is 51.4 Å². The molecule has 4 aliphatic rings. The standard InChI is InChI=1S/C27H35ClN4O4S/c28-23-5-1-4-21-25-22(18-37(34)26(21)23)24(27(33)31-11-15-36-16-12-31)29-32(25)20-3-2-9-30(17-20)10-6-19-7-13-35-14-8-19/h1,4-5,19-20H,2-3,6-18H2. The van der Waals surface area contributed by atoms with Crippen LogP contribution in [0.3, 0.4) is 0 Å². The summed E-state index contributed by atoms with van der Waals surface area (Å²) in [6, 6.07) is 5.82. The van der Waals surface area contributed by atoms with E-state index in [4.69, 9.17) is 26.2 Å². The van der Waals surface area contributed by atoms with Gasteiger partial charge in [-0.1, -0.05) is 23.7 Å². The van der Waals surface area contributed by atoms with Gasteiger partial charge in [-0.15, -0.1) is 0 Å². The van der Waals surface area contributed by atoms with Gasteiger partial charge in [0.25, 0.3) is 5.91 Å². The third-order valence-electron chi connectivity index (χ3n) is 8.26. The van der Waals surface area contributed by atoms with Crippen molar-refractivity contribution >= 4 is 28.3 Å². The molecule has 5 heterocycles. The Kier molecular flexibility index (Phi) is 7.68. The molecule has 0 spiro atoms. The summed E-state index contributed by atoms with van der Waals surface area (Å²) in [7, 11) is -1.33. The maximum Gasteiger partial charge on any atom is 0.274 e. The second-order valence-electron chi connectivity index (χ2n) is 10.6. The minimum Gasteiger partial charge on any atom is -0.381 e. The number of halogens is 1. The van der Waals surface area contributed by atoms with Crippen molar-refractivity contribution in [2.45, 2.75) is 48.8 Å². The molecule has 2 atom stereocenters. The Labute approximate surface area is 225 Å². The first kappa shape index (κ1) is 25.5. The van der Waals surface area contributed by atoms with E-state index in [1.54, 1.807) is 6.07 Å². The molecule has 2 aromatic rings. The van der Waals surface area contributed by atoms with Crippen LogP contribution in [-0.4, -0.2) is 88.8 Å². The molecule has 6 rings (SSSR count). The molecule has 3 fully saturated rings. The summed E-state index contributed by atoms with van der Waals surface area (Å²) in [5.41, 5.74) is 3.00. The predicted molar refractivity (Wildman–Crippen MR) is 142 cm³/mol. The Balaban J connectivity index is 1.33. The number of carbonyl (C=O) groups excluding carboxylic acids is 1. The Bertz CT molecular complexity index is 1180. The molecule has 4 aliphatic heterocycles. The Morgan fingerprint density at radius 1 is 1.08 bits per heavy atom. The highest BCUT2D eigenvalue weighted by molar-refractivity contribution is 7.84. The number of fused-ring (bicyclic) bond motifs is 3. The average Bonchev–Trinajstić information content (AvgIpc) is 3.32. The second-order valence-corrected chi connectivity index (χ2v) is 12.4. The van der Waals surface area contributed by atoms with Gasteiger partial charge in [0.2, 0.25) is 0 Å². The third kappa shape index (κ3) is 5.13. The van der Waals surface area contributed by atoms with Crippen molar-refractivity contribution in [3.63, 3.8) is 0 Å². The van der Waals surface area contributed by atoms with E-state index in [2.05, 4.69) is 9.58 Å². The van der Waals surface area contributed by atoms with Gasteiger partial charge in [0, 0.05) is 44.0 Å². The predicted octanol–water partition coefficient (Wildman–Crippen LogP) is 3.75. The van der Waals surface area contributed by atoms with Crippen molar-refractivity contribution in [1.82, 2.24) is 19.6 Å². The number of nitrogens with zero attached hydrogens (tertiary/aromatic N) is 4. The third-order valence-corrected chi connectivity index (χ3v) is 10.1. The summed E-state index contributed by atoms with van der Waals surface area (Å²) in [5.74, 6) is 0.916. The maximum atomic E-state index is 13.6. The van der Waals surface area contributed by atoms with Crippen LogP contribution in [0.4, 0.5) is 0 Å². The van der Waals surface area contributed by atoms with Crippen molar-refractivity contribution in [3.8, 4) is 11.3 Å². The number of morpholine rings is 1. The molecule has 0 bridgehead atoms. The highest BCUT2D eigenvalue weighted by Crippen LogP contribution is 2.43. The molecule has 3 saturated heterocycles. The lowest BCUT2D eigenvalue weighted by molar-refractivity contribution is 0.0297. The van der Waals surface area contributed by atoms with Gasteiger partial charge in [-0.05, 0) is 57.2 Å². The first-order valence-electron chi connectivity index (χ1n) is 13.6. The second kappa shape index (κ2) is 11.1. The number of aromatic nitrogens is 2. The zero-order valence-electron chi connectivity index (χ0n) is 21.2. The van der Waals surface area contributed by atoms with Crippen LogP contribution >= 0.6 is 11.6 Å². The van der Waals surface area contributed by atoms with Crippen LogP contribution in [0.5, 0.6) is 0 Å². The molecule has 1 aromatic heterocycles. The lowest BCUT2D eigenvalue weighted by Gasteiger charge is -2.35.